The summed E-state index contributed by atoms with van der Waals surface area (Å²) in [6, 6.07) is 5.39. The molecule has 0 unspecified atom stereocenters. The molecule has 0 fully saturated rings. The predicted molar refractivity (Wildman–Crippen MR) is 114 cm³/mol. The van der Waals surface area contributed by atoms with Gasteiger partial charge in [0.25, 0.3) is 11.8 Å². The van der Waals surface area contributed by atoms with Crippen LogP contribution in [0.25, 0.3) is 11.4 Å². The van der Waals surface area contributed by atoms with Gasteiger partial charge in [0.1, 0.15) is 11.6 Å². The first-order valence-corrected chi connectivity index (χ1v) is 10.3. The maximum absolute atomic E-state index is 14.0. The second-order valence-corrected chi connectivity index (χ2v) is 7.52. The van der Waals surface area contributed by atoms with Gasteiger partial charge in [0.05, 0.1) is 11.1 Å². The highest BCUT2D eigenvalue weighted by atomic mass is 19.3. The second kappa shape index (κ2) is 9.84. The lowest BCUT2D eigenvalue weighted by Gasteiger charge is -2.29. The van der Waals surface area contributed by atoms with E-state index in [0.717, 1.165) is 19.3 Å². The number of hydrogen-bond acceptors (Lipinski definition) is 5. The molecule has 6 nitrogen and oxygen atoms in total. The third kappa shape index (κ3) is 5.46. The van der Waals surface area contributed by atoms with Crippen LogP contribution in [0.4, 0.5) is 13.2 Å². The number of aromatic nitrogens is 4. The number of carbonyl (C=O) groups excluding carboxylic acids is 1. The molecule has 0 spiro atoms. The van der Waals surface area contributed by atoms with Crippen molar-refractivity contribution >= 4 is 5.91 Å². The zero-order valence-electron chi connectivity index (χ0n) is 18.1. The van der Waals surface area contributed by atoms with Crippen molar-refractivity contribution in [1.29, 1.82) is 0 Å². The van der Waals surface area contributed by atoms with E-state index in [9.17, 15) is 18.0 Å². The minimum absolute atomic E-state index is 0.177. The molecule has 3 rings (SSSR count). The molecular weight excluding hydrogens is 419 g/mol. The van der Waals surface area contributed by atoms with Gasteiger partial charge < -0.3 is 4.90 Å². The Morgan fingerprint density at radius 1 is 1.12 bits per heavy atom. The average molecular weight is 443 g/mol. The number of hydrogen-bond donors (Lipinski definition) is 0. The van der Waals surface area contributed by atoms with Crippen molar-refractivity contribution in [3.8, 4) is 11.4 Å². The Morgan fingerprint density at radius 3 is 2.38 bits per heavy atom. The number of carbonyl (C=O) groups is 1. The Labute approximate surface area is 184 Å². The van der Waals surface area contributed by atoms with Crippen LogP contribution in [-0.2, 0) is 12.3 Å². The molecule has 3 aromatic rings. The van der Waals surface area contributed by atoms with Crippen molar-refractivity contribution in [3.63, 3.8) is 0 Å². The van der Waals surface area contributed by atoms with Crippen molar-refractivity contribution in [2.24, 2.45) is 0 Å². The fraction of sp³-hybridized carbons (Fsp3) is 0.348. The molecular formula is C23H24F3N5O. The standard InChI is InChI=1S/C23H24F3N5O/c1-4-31(15(2)6-9-20-29-13-16(14-30-20)23(3,25)26)22(32)19-12-17(24)7-8-18(19)21-27-10-5-11-28-21/h5,7-8,10-15H,4,6,9H2,1-3H3/t15-/m0/s1. The summed E-state index contributed by atoms with van der Waals surface area (Å²) in [6.45, 7) is 4.89. The van der Waals surface area contributed by atoms with Crippen molar-refractivity contribution in [2.45, 2.75) is 45.6 Å². The van der Waals surface area contributed by atoms with E-state index in [4.69, 9.17) is 0 Å². The molecule has 2 aromatic heterocycles. The Morgan fingerprint density at radius 2 is 1.78 bits per heavy atom. The molecule has 1 amide bonds. The van der Waals surface area contributed by atoms with Gasteiger partial charge in [-0.3, -0.25) is 4.79 Å². The first-order chi connectivity index (χ1) is 15.2. The van der Waals surface area contributed by atoms with E-state index in [1.165, 1.54) is 18.2 Å². The summed E-state index contributed by atoms with van der Waals surface area (Å²) in [4.78, 5) is 31.3. The maximum atomic E-state index is 14.0. The van der Waals surface area contributed by atoms with E-state index in [-0.39, 0.29) is 23.1 Å². The Balaban J connectivity index is 1.77. The van der Waals surface area contributed by atoms with Crippen LogP contribution in [0.3, 0.4) is 0 Å². The third-order valence-electron chi connectivity index (χ3n) is 5.15. The van der Waals surface area contributed by atoms with Crippen LogP contribution < -0.4 is 0 Å². The zero-order chi connectivity index (χ0) is 23.3. The molecule has 0 aliphatic carbocycles. The Bertz CT molecular complexity index is 1060. The van der Waals surface area contributed by atoms with E-state index in [1.807, 2.05) is 13.8 Å². The zero-order valence-corrected chi connectivity index (χ0v) is 18.1. The first kappa shape index (κ1) is 23.3. The normalized spacial score (nSPS) is 12.4. The van der Waals surface area contributed by atoms with Crippen molar-refractivity contribution < 1.29 is 18.0 Å². The van der Waals surface area contributed by atoms with Crippen LogP contribution in [0.15, 0.2) is 49.1 Å². The summed E-state index contributed by atoms with van der Waals surface area (Å²) < 4.78 is 40.6. The van der Waals surface area contributed by atoms with E-state index in [0.29, 0.717) is 36.6 Å². The number of aryl methyl sites for hydroxylation is 1. The van der Waals surface area contributed by atoms with Crippen LogP contribution in [0.5, 0.6) is 0 Å². The van der Waals surface area contributed by atoms with Crippen molar-refractivity contribution in [2.75, 3.05) is 6.54 Å². The SMILES string of the molecule is CCN(C(=O)c1cc(F)ccc1-c1ncccn1)[C@@H](C)CCc1ncc(C(C)(F)F)cn1. The Hall–Kier alpha value is -3.36. The van der Waals surface area contributed by atoms with E-state index < -0.39 is 11.7 Å². The highest BCUT2D eigenvalue weighted by molar-refractivity contribution is 6.00. The van der Waals surface area contributed by atoms with E-state index in [2.05, 4.69) is 19.9 Å². The molecule has 0 aliphatic rings. The summed E-state index contributed by atoms with van der Waals surface area (Å²) >= 11 is 0. The predicted octanol–water partition coefficient (Wildman–Crippen LogP) is 4.67. The molecule has 168 valence electrons. The number of rotatable bonds is 8. The lowest BCUT2D eigenvalue weighted by atomic mass is 10.0. The largest absolute Gasteiger partial charge is 0.336 e. The topological polar surface area (TPSA) is 71.9 Å². The van der Waals surface area contributed by atoms with Gasteiger partial charge in [0.2, 0.25) is 0 Å². The molecule has 32 heavy (non-hydrogen) atoms. The van der Waals surface area contributed by atoms with Gasteiger partial charge in [0.15, 0.2) is 5.82 Å². The van der Waals surface area contributed by atoms with Gasteiger partial charge in [-0.25, -0.2) is 33.1 Å². The fourth-order valence-electron chi connectivity index (χ4n) is 3.34. The number of halogens is 3. The minimum Gasteiger partial charge on any atom is -0.336 e. The third-order valence-corrected chi connectivity index (χ3v) is 5.15. The summed E-state index contributed by atoms with van der Waals surface area (Å²) in [5.41, 5.74) is 0.374. The monoisotopic (exact) mass is 443 g/mol. The van der Waals surface area contributed by atoms with Crippen molar-refractivity contribution in [1.82, 2.24) is 24.8 Å². The van der Waals surface area contributed by atoms with Gasteiger partial charge in [-0.1, -0.05) is 0 Å². The molecule has 0 saturated carbocycles. The molecule has 1 aromatic carbocycles. The van der Waals surface area contributed by atoms with Crippen LogP contribution in [-0.4, -0.2) is 43.3 Å². The molecule has 0 radical (unpaired) electrons. The van der Waals surface area contributed by atoms with Gasteiger partial charge in [-0.15, -0.1) is 0 Å². The molecule has 1 atom stereocenters. The van der Waals surface area contributed by atoms with Gasteiger partial charge in [-0.05, 0) is 44.5 Å². The number of alkyl halides is 2. The molecule has 0 saturated heterocycles. The average Bonchev–Trinajstić information content (AvgIpc) is 2.78. The lowest BCUT2D eigenvalue weighted by molar-refractivity contribution is 0.0166. The lowest BCUT2D eigenvalue weighted by Crippen LogP contribution is -2.39. The number of amides is 1. The van der Waals surface area contributed by atoms with Crippen LogP contribution in [0, 0.1) is 5.82 Å². The van der Waals surface area contributed by atoms with Crippen LogP contribution >= 0.6 is 0 Å². The Kier molecular flexibility index (Phi) is 7.17. The highest BCUT2D eigenvalue weighted by Crippen LogP contribution is 2.26. The highest BCUT2D eigenvalue weighted by Gasteiger charge is 2.26. The summed E-state index contributed by atoms with van der Waals surface area (Å²) in [5.74, 6) is -3.12. The van der Waals surface area contributed by atoms with Gasteiger partial charge in [-0.2, -0.15) is 0 Å². The molecule has 2 heterocycles. The second-order valence-electron chi connectivity index (χ2n) is 7.52. The smallest absolute Gasteiger partial charge is 0.273 e. The van der Waals surface area contributed by atoms with Crippen molar-refractivity contribution in [3.05, 3.63) is 71.8 Å². The maximum Gasteiger partial charge on any atom is 0.273 e. The fourth-order valence-corrected chi connectivity index (χ4v) is 3.34. The quantitative estimate of drug-likeness (QED) is 0.506. The van der Waals surface area contributed by atoms with Crippen LogP contribution in [0.1, 0.15) is 48.9 Å². The summed E-state index contributed by atoms with van der Waals surface area (Å²) in [6.07, 6.45) is 6.26. The van der Waals surface area contributed by atoms with Crippen LogP contribution in [0.2, 0.25) is 0 Å². The van der Waals surface area contributed by atoms with Gasteiger partial charge >= 0.3 is 0 Å². The van der Waals surface area contributed by atoms with E-state index in [1.54, 1.807) is 23.4 Å². The molecule has 0 aliphatic heterocycles. The van der Waals surface area contributed by atoms with E-state index >= 15 is 0 Å². The number of benzene rings is 1. The molecule has 0 bridgehead atoms. The minimum atomic E-state index is -3.00. The van der Waals surface area contributed by atoms with Gasteiger partial charge in [0, 0.05) is 56.3 Å². The first-order valence-electron chi connectivity index (χ1n) is 10.3. The molecule has 9 heteroatoms. The summed E-state index contributed by atoms with van der Waals surface area (Å²) in [7, 11) is 0. The molecule has 0 N–H and O–H groups in total. The number of nitrogens with zero attached hydrogens (tertiary/aromatic N) is 5. The summed E-state index contributed by atoms with van der Waals surface area (Å²) in [5, 5.41) is 0.